The molecule has 4 heteroatoms. The number of amides is 1. The molecule has 0 N–H and O–H groups in total. The maximum absolute atomic E-state index is 12.5. The summed E-state index contributed by atoms with van der Waals surface area (Å²) in [6, 6.07) is 22.0. The van der Waals surface area contributed by atoms with Crippen LogP contribution in [0.25, 0.3) is 0 Å². The fraction of sp³-hybridized carbons (Fsp3) is 0.143. The minimum atomic E-state index is 0.0196. The van der Waals surface area contributed by atoms with Crippen molar-refractivity contribution >= 4 is 17.7 Å². The molecular formula is C21H20N2OS. The zero-order chi connectivity index (χ0) is 17.5. The van der Waals surface area contributed by atoms with Gasteiger partial charge in [-0.2, -0.15) is 0 Å². The number of hydrogen-bond donors (Lipinski definition) is 0. The van der Waals surface area contributed by atoms with Crippen LogP contribution in [-0.2, 0) is 12.3 Å². The van der Waals surface area contributed by atoms with E-state index in [1.165, 1.54) is 10.5 Å². The number of benzene rings is 2. The van der Waals surface area contributed by atoms with E-state index < -0.39 is 0 Å². The molecule has 0 spiro atoms. The smallest absolute Gasteiger partial charge is 0.253 e. The third-order valence-corrected chi connectivity index (χ3v) is 4.92. The second kappa shape index (κ2) is 8.49. The third kappa shape index (κ3) is 4.94. The molecule has 1 aromatic heterocycles. The molecule has 0 saturated heterocycles. The van der Waals surface area contributed by atoms with Crippen LogP contribution in [0.2, 0.25) is 0 Å². The van der Waals surface area contributed by atoms with Gasteiger partial charge in [0, 0.05) is 42.2 Å². The van der Waals surface area contributed by atoms with Gasteiger partial charge in [-0.1, -0.05) is 36.4 Å². The number of rotatable bonds is 6. The summed E-state index contributed by atoms with van der Waals surface area (Å²) < 4.78 is 0. The normalized spacial score (nSPS) is 10.4. The molecule has 0 fully saturated rings. The minimum absolute atomic E-state index is 0.0196. The quantitative estimate of drug-likeness (QED) is 0.608. The first kappa shape index (κ1) is 17.2. The van der Waals surface area contributed by atoms with E-state index in [1.807, 2.05) is 61.6 Å². The van der Waals surface area contributed by atoms with Crippen LogP contribution in [0.4, 0.5) is 0 Å². The van der Waals surface area contributed by atoms with Crippen LogP contribution in [0.15, 0.2) is 84.0 Å². The van der Waals surface area contributed by atoms with E-state index in [0.29, 0.717) is 12.1 Å². The summed E-state index contributed by atoms with van der Waals surface area (Å²) in [5.74, 6) is 0.912. The van der Waals surface area contributed by atoms with Gasteiger partial charge in [0.15, 0.2) is 0 Å². The summed E-state index contributed by atoms with van der Waals surface area (Å²) in [5, 5.41) is 0. The van der Waals surface area contributed by atoms with E-state index >= 15 is 0 Å². The van der Waals surface area contributed by atoms with Gasteiger partial charge >= 0.3 is 0 Å². The largest absolute Gasteiger partial charge is 0.337 e. The van der Waals surface area contributed by atoms with Crippen LogP contribution in [-0.4, -0.2) is 22.8 Å². The van der Waals surface area contributed by atoms with Gasteiger partial charge < -0.3 is 4.90 Å². The molecule has 1 heterocycles. The van der Waals surface area contributed by atoms with Crippen molar-refractivity contribution in [3.63, 3.8) is 0 Å². The molecule has 2 aromatic carbocycles. The van der Waals surface area contributed by atoms with E-state index in [9.17, 15) is 4.79 Å². The molecule has 0 aliphatic carbocycles. The van der Waals surface area contributed by atoms with Crippen molar-refractivity contribution in [1.29, 1.82) is 0 Å². The van der Waals surface area contributed by atoms with Gasteiger partial charge in [-0.3, -0.25) is 9.78 Å². The van der Waals surface area contributed by atoms with Gasteiger partial charge in [0.05, 0.1) is 0 Å². The maximum Gasteiger partial charge on any atom is 0.253 e. The summed E-state index contributed by atoms with van der Waals surface area (Å²) in [6.07, 6.45) is 3.52. The lowest BCUT2D eigenvalue weighted by Gasteiger charge is -2.17. The number of carbonyl (C=O) groups excluding carboxylic acids is 1. The Bertz CT molecular complexity index is 804. The zero-order valence-electron chi connectivity index (χ0n) is 14.1. The summed E-state index contributed by atoms with van der Waals surface area (Å²) in [6.45, 7) is 0.554. The first-order valence-electron chi connectivity index (χ1n) is 8.13. The standard InChI is InChI=1S/C21H20N2OS/c1-23(15-18-6-5-13-22-14-18)21(24)19-11-9-17(10-12-19)16-25-20-7-3-2-4-8-20/h2-14H,15-16H2,1H3. The highest BCUT2D eigenvalue weighted by atomic mass is 32.2. The van der Waals surface area contributed by atoms with Crippen LogP contribution in [0.1, 0.15) is 21.5 Å². The summed E-state index contributed by atoms with van der Waals surface area (Å²) in [4.78, 5) is 19.6. The highest BCUT2D eigenvalue weighted by Crippen LogP contribution is 2.22. The van der Waals surface area contributed by atoms with Crippen LogP contribution >= 0.6 is 11.8 Å². The highest BCUT2D eigenvalue weighted by Gasteiger charge is 2.12. The van der Waals surface area contributed by atoms with E-state index in [0.717, 1.165) is 11.3 Å². The SMILES string of the molecule is CN(Cc1cccnc1)C(=O)c1ccc(CSc2ccccc2)cc1. The number of nitrogens with zero attached hydrogens (tertiary/aromatic N) is 2. The van der Waals surface area contributed by atoms with E-state index in [4.69, 9.17) is 0 Å². The van der Waals surface area contributed by atoms with E-state index in [1.54, 1.807) is 29.1 Å². The molecule has 0 aliphatic heterocycles. The lowest BCUT2D eigenvalue weighted by atomic mass is 10.1. The zero-order valence-corrected chi connectivity index (χ0v) is 14.9. The Morgan fingerprint density at radius 2 is 1.72 bits per heavy atom. The van der Waals surface area contributed by atoms with Crippen molar-refractivity contribution in [1.82, 2.24) is 9.88 Å². The minimum Gasteiger partial charge on any atom is -0.337 e. The van der Waals surface area contributed by atoms with Gasteiger partial charge in [-0.05, 0) is 41.5 Å². The number of carbonyl (C=O) groups is 1. The lowest BCUT2D eigenvalue weighted by molar-refractivity contribution is 0.0785. The second-order valence-corrected chi connectivity index (χ2v) is 6.87. The van der Waals surface area contributed by atoms with Crippen LogP contribution in [0.5, 0.6) is 0 Å². The average molecular weight is 348 g/mol. The van der Waals surface area contributed by atoms with Gasteiger partial charge in [0.25, 0.3) is 5.91 Å². The fourth-order valence-electron chi connectivity index (χ4n) is 2.48. The van der Waals surface area contributed by atoms with Crippen molar-refractivity contribution in [3.05, 3.63) is 95.8 Å². The van der Waals surface area contributed by atoms with Crippen molar-refractivity contribution in [2.75, 3.05) is 7.05 Å². The van der Waals surface area contributed by atoms with Crippen molar-refractivity contribution < 1.29 is 4.79 Å². The van der Waals surface area contributed by atoms with Crippen LogP contribution < -0.4 is 0 Å². The Morgan fingerprint density at radius 3 is 2.40 bits per heavy atom. The first-order chi connectivity index (χ1) is 12.2. The summed E-state index contributed by atoms with van der Waals surface area (Å²) in [5.41, 5.74) is 2.94. The van der Waals surface area contributed by atoms with Crippen LogP contribution in [0.3, 0.4) is 0 Å². The molecular weight excluding hydrogens is 328 g/mol. The Kier molecular flexibility index (Phi) is 5.86. The second-order valence-electron chi connectivity index (χ2n) is 5.82. The number of aromatic nitrogens is 1. The molecule has 3 rings (SSSR count). The van der Waals surface area contributed by atoms with Crippen molar-refractivity contribution in [3.8, 4) is 0 Å². The molecule has 0 unspecified atom stereocenters. The Labute approximate surface area is 152 Å². The van der Waals surface area contributed by atoms with E-state index in [2.05, 4.69) is 17.1 Å². The molecule has 1 amide bonds. The third-order valence-electron chi connectivity index (χ3n) is 3.84. The monoisotopic (exact) mass is 348 g/mol. The Morgan fingerprint density at radius 1 is 0.960 bits per heavy atom. The molecule has 0 radical (unpaired) electrons. The number of pyridine rings is 1. The predicted molar refractivity (Wildman–Crippen MR) is 102 cm³/mol. The molecule has 0 saturated carbocycles. The molecule has 0 aliphatic rings. The highest BCUT2D eigenvalue weighted by molar-refractivity contribution is 7.98. The Hall–Kier alpha value is -2.59. The lowest BCUT2D eigenvalue weighted by Crippen LogP contribution is -2.26. The number of hydrogen-bond acceptors (Lipinski definition) is 3. The topological polar surface area (TPSA) is 33.2 Å². The molecule has 3 aromatic rings. The first-order valence-corrected chi connectivity index (χ1v) is 9.12. The molecule has 126 valence electrons. The maximum atomic E-state index is 12.5. The van der Waals surface area contributed by atoms with Gasteiger partial charge in [-0.25, -0.2) is 0 Å². The predicted octanol–water partition coefficient (Wildman–Crippen LogP) is 4.65. The van der Waals surface area contributed by atoms with Crippen molar-refractivity contribution in [2.24, 2.45) is 0 Å². The Balaban J connectivity index is 1.58. The molecule has 0 atom stereocenters. The fourth-order valence-corrected chi connectivity index (χ4v) is 3.36. The molecule has 3 nitrogen and oxygen atoms in total. The molecule has 25 heavy (non-hydrogen) atoms. The summed E-state index contributed by atoms with van der Waals surface area (Å²) >= 11 is 1.79. The van der Waals surface area contributed by atoms with Crippen molar-refractivity contribution in [2.45, 2.75) is 17.2 Å². The average Bonchev–Trinajstić information content (AvgIpc) is 2.68. The van der Waals surface area contributed by atoms with Gasteiger partial charge in [0.1, 0.15) is 0 Å². The van der Waals surface area contributed by atoms with Gasteiger partial charge in [0.2, 0.25) is 0 Å². The van der Waals surface area contributed by atoms with E-state index in [-0.39, 0.29) is 5.91 Å². The number of thioether (sulfide) groups is 1. The van der Waals surface area contributed by atoms with Gasteiger partial charge in [-0.15, -0.1) is 11.8 Å². The molecule has 0 bridgehead atoms. The summed E-state index contributed by atoms with van der Waals surface area (Å²) in [7, 11) is 1.81. The van der Waals surface area contributed by atoms with Crippen LogP contribution in [0, 0.1) is 0 Å².